The van der Waals surface area contributed by atoms with Gasteiger partial charge >= 0.3 is 5.97 Å². The third-order valence-electron chi connectivity index (χ3n) is 7.33. The number of aliphatic hydroxyl groups is 1. The molecular formula is C32H35N5O7S. The van der Waals surface area contributed by atoms with Crippen LogP contribution in [-0.2, 0) is 32.2 Å². The van der Waals surface area contributed by atoms with Crippen molar-refractivity contribution < 1.29 is 34.4 Å². The normalized spacial score (nSPS) is 18.0. The van der Waals surface area contributed by atoms with E-state index in [-0.39, 0.29) is 43.3 Å². The van der Waals surface area contributed by atoms with E-state index in [0.717, 1.165) is 27.9 Å². The number of ether oxygens (including phenoxy) is 2. The zero-order valence-electron chi connectivity index (χ0n) is 24.5. The smallest absolute Gasteiger partial charge is 0.303 e. The molecule has 1 aliphatic heterocycles. The molecule has 2 heterocycles. The molecule has 3 atom stereocenters. The van der Waals surface area contributed by atoms with Crippen LogP contribution in [0.5, 0.6) is 5.75 Å². The van der Waals surface area contributed by atoms with Gasteiger partial charge in [0.1, 0.15) is 5.75 Å². The van der Waals surface area contributed by atoms with Crippen LogP contribution in [0.4, 0.5) is 0 Å². The molecule has 4 aromatic rings. The minimum Gasteiger partial charge on any atom is -0.508 e. The monoisotopic (exact) mass is 633 g/mol. The van der Waals surface area contributed by atoms with Gasteiger partial charge in [-0.25, -0.2) is 0 Å². The quantitative estimate of drug-likeness (QED) is 0.114. The molecule has 0 aliphatic carbocycles. The van der Waals surface area contributed by atoms with Crippen LogP contribution in [0.1, 0.15) is 66.8 Å². The number of amides is 1. The Morgan fingerprint density at radius 2 is 1.60 bits per heavy atom. The Morgan fingerprint density at radius 3 is 2.31 bits per heavy atom. The number of benzene rings is 3. The number of hydrogen-bond donors (Lipinski definition) is 4. The maximum Gasteiger partial charge on any atom is 0.303 e. The Kier molecular flexibility index (Phi) is 11.1. The summed E-state index contributed by atoms with van der Waals surface area (Å²) in [6.45, 7) is 0.323. The van der Waals surface area contributed by atoms with Crippen molar-refractivity contribution in [2.45, 2.75) is 68.9 Å². The summed E-state index contributed by atoms with van der Waals surface area (Å²) >= 11 is 1.46. The lowest BCUT2D eigenvalue weighted by atomic mass is 10.0. The highest BCUT2D eigenvalue weighted by molar-refractivity contribution is 7.99. The van der Waals surface area contributed by atoms with Gasteiger partial charge in [-0.2, -0.15) is 4.68 Å². The number of thioether (sulfide) groups is 1. The number of aliphatic carboxylic acids is 1. The average molecular weight is 634 g/mol. The van der Waals surface area contributed by atoms with E-state index in [1.807, 2.05) is 48.5 Å². The molecule has 3 aromatic carbocycles. The van der Waals surface area contributed by atoms with Crippen molar-refractivity contribution in [2.75, 3.05) is 5.75 Å². The largest absolute Gasteiger partial charge is 0.508 e. The fourth-order valence-electron chi connectivity index (χ4n) is 4.86. The van der Waals surface area contributed by atoms with Crippen molar-refractivity contribution in [3.63, 3.8) is 0 Å². The number of carboxylic acids is 1. The Morgan fingerprint density at radius 1 is 0.911 bits per heavy atom. The molecule has 12 nitrogen and oxygen atoms in total. The van der Waals surface area contributed by atoms with Crippen molar-refractivity contribution >= 4 is 23.6 Å². The molecule has 0 saturated carbocycles. The van der Waals surface area contributed by atoms with E-state index in [9.17, 15) is 19.8 Å². The lowest BCUT2D eigenvalue weighted by molar-refractivity contribution is -0.245. The molecule has 0 spiro atoms. The van der Waals surface area contributed by atoms with E-state index in [4.69, 9.17) is 14.6 Å². The van der Waals surface area contributed by atoms with Gasteiger partial charge in [0.05, 0.1) is 24.5 Å². The number of phenols is 1. The molecule has 0 unspecified atom stereocenters. The highest BCUT2D eigenvalue weighted by Crippen LogP contribution is 2.39. The summed E-state index contributed by atoms with van der Waals surface area (Å²) < 4.78 is 14.5. The summed E-state index contributed by atoms with van der Waals surface area (Å²) in [5.74, 6) is -0.260. The molecule has 5 rings (SSSR count). The molecule has 1 amide bonds. The molecule has 1 saturated heterocycles. The first kappa shape index (κ1) is 32.1. The fourth-order valence-corrected chi connectivity index (χ4v) is 5.77. The van der Waals surface area contributed by atoms with Crippen molar-refractivity contribution in [1.82, 2.24) is 25.5 Å². The number of aliphatic hydroxyl groups excluding tert-OH is 1. The van der Waals surface area contributed by atoms with E-state index in [1.165, 1.54) is 11.8 Å². The number of aromatic nitrogens is 4. The van der Waals surface area contributed by atoms with Gasteiger partial charge in [-0.3, -0.25) is 9.59 Å². The van der Waals surface area contributed by atoms with Crippen molar-refractivity contribution in [2.24, 2.45) is 0 Å². The van der Waals surface area contributed by atoms with Gasteiger partial charge in [-0.1, -0.05) is 60.3 Å². The molecule has 0 radical (unpaired) electrons. The van der Waals surface area contributed by atoms with Gasteiger partial charge in [0.15, 0.2) is 6.29 Å². The van der Waals surface area contributed by atoms with E-state index >= 15 is 0 Å². The van der Waals surface area contributed by atoms with Gasteiger partial charge in [0, 0.05) is 37.1 Å². The third-order valence-corrected chi connectivity index (χ3v) is 8.39. The summed E-state index contributed by atoms with van der Waals surface area (Å²) in [6.07, 6.45) is 0.848. The Balaban J connectivity index is 1.24. The second-order valence-electron chi connectivity index (χ2n) is 10.7. The molecule has 1 aromatic heterocycles. The second kappa shape index (κ2) is 15.6. The first-order chi connectivity index (χ1) is 21.9. The van der Waals surface area contributed by atoms with E-state index in [0.29, 0.717) is 36.7 Å². The van der Waals surface area contributed by atoms with Gasteiger partial charge in [0.2, 0.25) is 11.1 Å². The standard InChI is InChI=1S/C32H35N5O7S/c38-19-22-7-9-23(10-8-22)28-17-27(20-45-32-34-35-36-37(32)25-13-15-26(39)16-14-25)43-31(44-28)24-11-5-21(6-12-24)18-33-29(40)3-1-2-4-30(41)42/h5-16,27-28,31,38-39H,1-4,17-20H2,(H,33,40)(H,41,42)/t27-,28+,31+/m1/s1. The van der Waals surface area contributed by atoms with E-state index in [2.05, 4.69) is 20.8 Å². The number of nitrogens with zero attached hydrogens (tertiary/aromatic N) is 4. The maximum atomic E-state index is 12.1. The number of carboxylic acid groups (broad SMARTS) is 1. The summed E-state index contributed by atoms with van der Waals surface area (Å²) in [4.78, 5) is 22.8. The fraction of sp³-hybridized carbons (Fsp3) is 0.344. The van der Waals surface area contributed by atoms with Crippen LogP contribution in [0, 0.1) is 0 Å². The number of tetrazole rings is 1. The lowest BCUT2D eigenvalue weighted by Gasteiger charge is -2.36. The number of phenolic OH excluding ortho intramolecular Hbond substituents is 1. The number of hydrogen-bond acceptors (Lipinski definition) is 10. The number of nitrogens with one attached hydrogen (secondary N) is 1. The summed E-state index contributed by atoms with van der Waals surface area (Å²) in [6, 6.07) is 22.0. The van der Waals surface area contributed by atoms with Crippen LogP contribution in [0.3, 0.4) is 0 Å². The van der Waals surface area contributed by atoms with Crippen molar-refractivity contribution in [3.05, 3.63) is 95.1 Å². The van der Waals surface area contributed by atoms with Gasteiger partial charge in [0.25, 0.3) is 0 Å². The molecule has 0 bridgehead atoms. The minimum atomic E-state index is -0.857. The third kappa shape index (κ3) is 9.11. The number of carbonyl (C=O) groups excluding carboxylic acids is 1. The summed E-state index contributed by atoms with van der Waals surface area (Å²) in [5.41, 5.74) is 4.27. The number of aromatic hydroxyl groups is 1. The Hall–Kier alpha value is -4.30. The van der Waals surface area contributed by atoms with E-state index < -0.39 is 12.3 Å². The van der Waals surface area contributed by atoms with Crippen molar-refractivity contribution in [3.8, 4) is 11.4 Å². The Labute approximate surface area is 264 Å². The van der Waals surface area contributed by atoms with E-state index in [1.54, 1.807) is 28.9 Å². The lowest BCUT2D eigenvalue weighted by Crippen LogP contribution is -2.31. The van der Waals surface area contributed by atoms with Crippen LogP contribution >= 0.6 is 11.8 Å². The molecule has 236 valence electrons. The SMILES string of the molecule is O=C(O)CCCCC(=O)NCc1ccc([C@H]2O[C@@H](CSc3nnnn3-c3ccc(O)cc3)C[C@@H](c3ccc(CO)cc3)O2)cc1. The van der Waals surface area contributed by atoms with Gasteiger partial charge in [-0.05, 0) is 64.2 Å². The number of carbonyl (C=O) groups is 2. The predicted octanol–water partition coefficient (Wildman–Crippen LogP) is 4.46. The molecule has 4 N–H and O–H groups in total. The zero-order valence-corrected chi connectivity index (χ0v) is 25.3. The van der Waals surface area contributed by atoms with Crippen LogP contribution < -0.4 is 5.32 Å². The number of unbranched alkanes of at least 4 members (excludes halogenated alkanes) is 1. The molecule has 1 aliphatic rings. The van der Waals surface area contributed by atoms with Crippen LogP contribution in [-0.4, -0.2) is 59.3 Å². The van der Waals surface area contributed by atoms with Crippen LogP contribution in [0.15, 0.2) is 78.0 Å². The topological polar surface area (TPSA) is 169 Å². The van der Waals surface area contributed by atoms with Crippen molar-refractivity contribution in [1.29, 1.82) is 0 Å². The molecular weight excluding hydrogens is 598 g/mol. The zero-order chi connectivity index (χ0) is 31.6. The first-order valence-corrected chi connectivity index (χ1v) is 15.6. The summed E-state index contributed by atoms with van der Waals surface area (Å²) in [7, 11) is 0. The highest BCUT2D eigenvalue weighted by atomic mass is 32.2. The average Bonchev–Trinajstić information content (AvgIpc) is 3.54. The van der Waals surface area contributed by atoms with Gasteiger partial charge in [-0.15, -0.1) is 5.10 Å². The molecule has 45 heavy (non-hydrogen) atoms. The minimum absolute atomic E-state index is 0.0376. The second-order valence-corrected chi connectivity index (χ2v) is 11.7. The molecule has 1 fully saturated rings. The Bertz CT molecular complexity index is 1550. The molecule has 13 heteroatoms. The number of rotatable bonds is 14. The highest BCUT2D eigenvalue weighted by Gasteiger charge is 2.32. The first-order valence-electron chi connectivity index (χ1n) is 14.7. The van der Waals surface area contributed by atoms with Gasteiger partial charge < -0.3 is 30.1 Å². The predicted molar refractivity (Wildman–Crippen MR) is 164 cm³/mol. The van der Waals surface area contributed by atoms with Crippen LogP contribution in [0.2, 0.25) is 0 Å². The summed E-state index contributed by atoms with van der Waals surface area (Å²) in [5, 5.41) is 43.4. The van der Waals surface area contributed by atoms with Crippen LogP contribution in [0.25, 0.3) is 5.69 Å². The maximum absolute atomic E-state index is 12.1.